The Morgan fingerprint density at radius 3 is 2.60 bits per heavy atom. The van der Waals surface area contributed by atoms with Crippen LogP contribution in [0, 0.1) is 0 Å². The number of carbonyl (C=O) groups is 2. The lowest BCUT2D eigenvalue weighted by atomic mass is 10.1. The first-order chi connectivity index (χ1) is 7.29. The lowest BCUT2D eigenvalue weighted by molar-refractivity contribution is -0.128. The van der Waals surface area contributed by atoms with Crippen molar-refractivity contribution in [2.75, 3.05) is 6.61 Å². The predicted molar refractivity (Wildman–Crippen MR) is 56.8 cm³/mol. The fraction of sp³-hybridized carbons (Fsp3) is 0.333. The van der Waals surface area contributed by atoms with E-state index < -0.39 is 0 Å². The van der Waals surface area contributed by atoms with Gasteiger partial charge in [0, 0.05) is 12.0 Å². The van der Waals surface area contributed by atoms with E-state index in [9.17, 15) is 9.59 Å². The molecule has 0 atom stereocenters. The van der Waals surface area contributed by atoms with Gasteiger partial charge in [-0.2, -0.15) is 0 Å². The van der Waals surface area contributed by atoms with Gasteiger partial charge in [-0.15, -0.1) is 0 Å². The van der Waals surface area contributed by atoms with Crippen LogP contribution in [0.25, 0.3) is 0 Å². The minimum absolute atomic E-state index is 0.301. The summed E-state index contributed by atoms with van der Waals surface area (Å²) in [6, 6.07) is 7.84. The van der Waals surface area contributed by atoms with E-state index in [0.717, 1.165) is 12.0 Å². The molecular weight excluding hydrogens is 192 g/mol. The molecule has 80 valence electrons. The van der Waals surface area contributed by atoms with Crippen molar-refractivity contribution in [1.82, 2.24) is 0 Å². The molecule has 0 unspecified atom stereocenters. The molecule has 0 spiro atoms. The van der Waals surface area contributed by atoms with Crippen LogP contribution in [0.2, 0.25) is 0 Å². The van der Waals surface area contributed by atoms with Gasteiger partial charge in [-0.1, -0.05) is 24.3 Å². The van der Waals surface area contributed by atoms with Gasteiger partial charge >= 0.3 is 0 Å². The normalized spacial score (nSPS) is 12.5. The SMILES string of the molecule is CCOC=O.O=C1CCc2ccccc21. The summed E-state index contributed by atoms with van der Waals surface area (Å²) in [5.41, 5.74) is 2.15. The first kappa shape index (κ1) is 11.4. The second kappa shape index (κ2) is 5.96. The second-order valence-corrected chi connectivity index (χ2v) is 3.13. The molecule has 0 bridgehead atoms. The highest BCUT2D eigenvalue weighted by molar-refractivity contribution is 6.00. The maximum atomic E-state index is 11.1. The van der Waals surface area contributed by atoms with Crippen LogP contribution in [0.15, 0.2) is 24.3 Å². The fourth-order valence-corrected chi connectivity index (χ4v) is 1.46. The minimum atomic E-state index is 0.301. The molecule has 1 aromatic carbocycles. The van der Waals surface area contributed by atoms with Gasteiger partial charge in [-0.05, 0) is 18.9 Å². The van der Waals surface area contributed by atoms with E-state index in [2.05, 4.69) is 4.74 Å². The van der Waals surface area contributed by atoms with Crippen LogP contribution in [0.5, 0.6) is 0 Å². The molecule has 0 saturated carbocycles. The molecule has 2 rings (SSSR count). The molecule has 0 fully saturated rings. The Hall–Kier alpha value is -1.64. The molecule has 0 saturated heterocycles. The minimum Gasteiger partial charge on any atom is -0.468 e. The van der Waals surface area contributed by atoms with E-state index in [0.29, 0.717) is 25.3 Å². The number of rotatable bonds is 2. The molecule has 0 heterocycles. The van der Waals surface area contributed by atoms with E-state index in [1.54, 1.807) is 6.92 Å². The van der Waals surface area contributed by atoms with E-state index >= 15 is 0 Å². The summed E-state index contributed by atoms with van der Waals surface area (Å²) in [6.45, 7) is 2.66. The zero-order valence-electron chi connectivity index (χ0n) is 8.73. The summed E-state index contributed by atoms with van der Waals surface area (Å²) < 4.78 is 4.15. The van der Waals surface area contributed by atoms with E-state index in [-0.39, 0.29) is 0 Å². The van der Waals surface area contributed by atoms with Crippen LogP contribution in [-0.2, 0) is 16.0 Å². The van der Waals surface area contributed by atoms with E-state index in [1.165, 1.54) is 5.56 Å². The highest BCUT2D eigenvalue weighted by Crippen LogP contribution is 2.20. The van der Waals surface area contributed by atoms with Crippen molar-refractivity contribution in [2.24, 2.45) is 0 Å². The molecule has 3 heteroatoms. The van der Waals surface area contributed by atoms with Crippen molar-refractivity contribution >= 4 is 12.3 Å². The topological polar surface area (TPSA) is 43.4 Å². The number of aryl methyl sites for hydroxylation is 1. The van der Waals surface area contributed by atoms with Crippen molar-refractivity contribution in [2.45, 2.75) is 19.8 Å². The zero-order valence-corrected chi connectivity index (χ0v) is 8.73. The summed E-state index contributed by atoms with van der Waals surface area (Å²) in [5, 5.41) is 0. The Morgan fingerprint density at radius 2 is 2.07 bits per heavy atom. The lowest BCUT2D eigenvalue weighted by Gasteiger charge is -1.92. The molecule has 0 aliphatic heterocycles. The third-order valence-electron chi connectivity index (χ3n) is 2.17. The lowest BCUT2D eigenvalue weighted by Crippen LogP contribution is -1.88. The van der Waals surface area contributed by atoms with Gasteiger partial charge in [-0.3, -0.25) is 9.59 Å². The second-order valence-electron chi connectivity index (χ2n) is 3.13. The van der Waals surface area contributed by atoms with Crippen LogP contribution in [0.3, 0.4) is 0 Å². The summed E-state index contributed by atoms with van der Waals surface area (Å²) in [6.07, 6.45) is 1.65. The predicted octanol–water partition coefficient (Wildman–Crippen LogP) is 1.99. The summed E-state index contributed by atoms with van der Waals surface area (Å²) >= 11 is 0. The van der Waals surface area contributed by atoms with Gasteiger partial charge in [0.1, 0.15) is 0 Å². The quantitative estimate of drug-likeness (QED) is 0.695. The molecule has 1 aliphatic carbocycles. The van der Waals surface area contributed by atoms with Crippen LogP contribution >= 0.6 is 0 Å². The fourth-order valence-electron chi connectivity index (χ4n) is 1.46. The highest BCUT2D eigenvalue weighted by Gasteiger charge is 2.17. The first-order valence-corrected chi connectivity index (χ1v) is 4.96. The number of fused-ring (bicyclic) bond motifs is 1. The number of Topliss-reactive ketones (excluding diaryl/α,β-unsaturated/α-hetero) is 1. The van der Waals surface area contributed by atoms with Crippen LogP contribution < -0.4 is 0 Å². The molecule has 15 heavy (non-hydrogen) atoms. The van der Waals surface area contributed by atoms with Gasteiger partial charge < -0.3 is 4.74 Å². The average molecular weight is 206 g/mol. The highest BCUT2D eigenvalue weighted by atomic mass is 16.5. The maximum absolute atomic E-state index is 11.1. The molecule has 0 amide bonds. The van der Waals surface area contributed by atoms with Crippen LogP contribution in [-0.4, -0.2) is 18.9 Å². The number of benzene rings is 1. The Kier molecular flexibility index (Phi) is 4.54. The zero-order chi connectivity index (χ0) is 11.1. The summed E-state index contributed by atoms with van der Waals surface area (Å²) in [7, 11) is 0. The van der Waals surface area contributed by atoms with Crippen LogP contribution in [0.1, 0.15) is 29.3 Å². The third kappa shape index (κ3) is 3.20. The van der Waals surface area contributed by atoms with Gasteiger partial charge in [-0.25, -0.2) is 0 Å². The van der Waals surface area contributed by atoms with Gasteiger partial charge in [0.25, 0.3) is 6.47 Å². The largest absolute Gasteiger partial charge is 0.468 e. The van der Waals surface area contributed by atoms with Crippen molar-refractivity contribution < 1.29 is 14.3 Å². The molecular formula is C12H14O3. The first-order valence-electron chi connectivity index (χ1n) is 4.96. The maximum Gasteiger partial charge on any atom is 0.293 e. The van der Waals surface area contributed by atoms with Crippen molar-refractivity contribution in [3.8, 4) is 0 Å². The Labute approximate surface area is 89.1 Å². The Balaban J connectivity index is 0.000000195. The number of ketones is 1. The molecule has 1 aromatic rings. The average Bonchev–Trinajstić information content (AvgIpc) is 2.64. The van der Waals surface area contributed by atoms with Gasteiger partial charge in [0.2, 0.25) is 0 Å². The standard InChI is InChI=1S/C9H8O.C3H6O2/c10-9-6-5-7-3-1-2-4-8(7)9;1-2-5-3-4/h1-4H,5-6H2;3H,2H2,1H3. The molecule has 0 N–H and O–H groups in total. The Bertz CT molecular complexity index is 344. The van der Waals surface area contributed by atoms with E-state index in [1.807, 2.05) is 24.3 Å². The molecule has 1 aliphatic rings. The summed E-state index contributed by atoms with van der Waals surface area (Å²) in [4.78, 5) is 20.2. The number of ether oxygens (including phenoxy) is 1. The van der Waals surface area contributed by atoms with Crippen molar-refractivity contribution in [1.29, 1.82) is 0 Å². The Morgan fingerprint density at radius 1 is 1.33 bits per heavy atom. The third-order valence-corrected chi connectivity index (χ3v) is 2.17. The molecule has 3 nitrogen and oxygen atoms in total. The van der Waals surface area contributed by atoms with Crippen molar-refractivity contribution in [3.05, 3.63) is 35.4 Å². The van der Waals surface area contributed by atoms with Gasteiger partial charge in [0.15, 0.2) is 5.78 Å². The van der Waals surface area contributed by atoms with Crippen molar-refractivity contribution in [3.63, 3.8) is 0 Å². The number of carbonyl (C=O) groups excluding carboxylic acids is 2. The molecule has 0 aromatic heterocycles. The monoisotopic (exact) mass is 206 g/mol. The van der Waals surface area contributed by atoms with Gasteiger partial charge in [0.05, 0.1) is 6.61 Å². The molecule has 0 radical (unpaired) electrons. The summed E-state index contributed by atoms with van der Waals surface area (Å²) in [5.74, 6) is 0.301. The number of hydrogen-bond acceptors (Lipinski definition) is 3. The van der Waals surface area contributed by atoms with Crippen LogP contribution in [0.4, 0.5) is 0 Å². The van der Waals surface area contributed by atoms with E-state index in [4.69, 9.17) is 0 Å². The smallest absolute Gasteiger partial charge is 0.293 e. The number of hydrogen-bond donors (Lipinski definition) is 0.